The van der Waals surface area contributed by atoms with Gasteiger partial charge in [0.2, 0.25) is 6.10 Å². The Morgan fingerprint density at radius 3 is 2.15 bits per heavy atom. The number of benzene rings is 1. The summed E-state index contributed by atoms with van der Waals surface area (Å²) in [7, 11) is 2.77. The van der Waals surface area contributed by atoms with Crippen molar-refractivity contribution >= 4 is 5.97 Å². The van der Waals surface area contributed by atoms with Gasteiger partial charge in [-0.3, -0.25) is 0 Å². The van der Waals surface area contributed by atoms with Crippen LogP contribution in [0, 0.1) is 6.10 Å². The normalized spacial score (nSPS) is 10.1. The summed E-state index contributed by atoms with van der Waals surface area (Å²) in [4.78, 5) is 11.2. The molecule has 0 aliphatic rings. The summed E-state index contributed by atoms with van der Waals surface area (Å²) in [5.41, 5.74) is 0.719. The maximum Gasteiger partial charge on any atom is 0.347 e. The van der Waals surface area contributed by atoms with Crippen LogP contribution in [0.4, 0.5) is 0 Å². The second-order valence-corrected chi connectivity index (χ2v) is 2.39. The zero-order valence-corrected chi connectivity index (χ0v) is 7.61. The van der Waals surface area contributed by atoms with Crippen LogP contribution in [0.3, 0.4) is 0 Å². The molecule has 1 aromatic rings. The Bertz CT molecular complexity index is 269. The maximum absolute atomic E-state index is 11.2. The fourth-order valence-electron chi connectivity index (χ4n) is 1.00. The second kappa shape index (κ2) is 4.62. The lowest BCUT2D eigenvalue weighted by atomic mass is 10.1. The van der Waals surface area contributed by atoms with E-state index in [-0.39, 0.29) is 6.10 Å². The predicted octanol–water partition coefficient (Wildman–Crippen LogP) is 1.39. The molecule has 1 rings (SSSR count). The van der Waals surface area contributed by atoms with E-state index in [0.717, 1.165) is 5.56 Å². The number of carbonyl (C=O) groups is 1. The highest BCUT2D eigenvalue weighted by atomic mass is 16.6. The first-order valence-electron chi connectivity index (χ1n) is 3.84. The molecule has 0 unspecified atom stereocenters. The van der Waals surface area contributed by atoms with Crippen LogP contribution in [0.1, 0.15) is 5.56 Å². The molecule has 3 nitrogen and oxygen atoms in total. The lowest BCUT2D eigenvalue weighted by Gasteiger charge is -2.10. The molecule has 69 valence electrons. The molecule has 0 fully saturated rings. The standard InChI is InChI=1S/C10H11O3/c1-12-9(10(11)13-2)8-6-4-3-5-7-8/h3-7H,1-2H3. The van der Waals surface area contributed by atoms with Crippen molar-refractivity contribution in [3.05, 3.63) is 42.0 Å². The number of ether oxygens (including phenoxy) is 2. The van der Waals surface area contributed by atoms with Crippen molar-refractivity contribution in [2.45, 2.75) is 0 Å². The van der Waals surface area contributed by atoms with E-state index in [1.165, 1.54) is 14.2 Å². The SMILES string of the molecule is CO[C](C(=O)OC)c1ccccc1. The Kier molecular flexibility index (Phi) is 3.46. The third kappa shape index (κ3) is 2.29. The summed E-state index contributed by atoms with van der Waals surface area (Å²) in [5.74, 6) is -0.464. The maximum atomic E-state index is 11.2. The average Bonchev–Trinajstić information content (AvgIpc) is 2.20. The first-order chi connectivity index (χ1) is 6.29. The third-order valence-electron chi connectivity index (χ3n) is 1.61. The third-order valence-corrected chi connectivity index (χ3v) is 1.61. The Hall–Kier alpha value is -1.35. The number of carbonyl (C=O) groups excluding carboxylic acids is 1. The smallest absolute Gasteiger partial charge is 0.347 e. The van der Waals surface area contributed by atoms with E-state index in [1.807, 2.05) is 18.2 Å². The summed E-state index contributed by atoms with van der Waals surface area (Å²) < 4.78 is 9.49. The first-order valence-corrected chi connectivity index (χ1v) is 3.84. The molecule has 0 aliphatic heterocycles. The highest BCUT2D eigenvalue weighted by Crippen LogP contribution is 2.15. The molecule has 1 aromatic carbocycles. The van der Waals surface area contributed by atoms with Gasteiger partial charge in [0.1, 0.15) is 0 Å². The summed E-state index contributed by atoms with van der Waals surface area (Å²) >= 11 is 0. The van der Waals surface area contributed by atoms with Crippen LogP contribution in [0.15, 0.2) is 30.3 Å². The fraction of sp³-hybridized carbons (Fsp3) is 0.200. The van der Waals surface area contributed by atoms with Crippen molar-refractivity contribution in [2.75, 3.05) is 14.2 Å². The van der Waals surface area contributed by atoms with Gasteiger partial charge in [0.05, 0.1) is 7.11 Å². The first kappa shape index (κ1) is 9.74. The van der Waals surface area contributed by atoms with Crippen LogP contribution < -0.4 is 0 Å². The van der Waals surface area contributed by atoms with Gasteiger partial charge in [0.25, 0.3) is 0 Å². The van der Waals surface area contributed by atoms with Gasteiger partial charge in [0, 0.05) is 7.11 Å². The van der Waals surface area contributed by atoms with E-state index in [9.17, 15) is 4.79 Å². The number of hydrogen-bond acceptors (Lipinski definition) is 3. The Labute approximate surface area is 77.3 Å². The zero-order chi connectivity index (χ0) is 9.68. The van der Waals surface area contributed by atoms with Gasteiger partial charge in [-0.25, -0.2) is 4.79 Å². The highest BCUT2D eigenvalue weighted by molar-refractivity contribution is 5.87. The molecule has 0 atom stereocenters. The molecule has 13 heavy (non-hydrogen) atoms. The highest BCUT2D eigenvalue weighted by Gasteiger charge is 2.21. The molecule has 0 aliphatic carbocycles. The summed E-state index contributed by atoms with van der Waals surface area (Å²) in [6.45, 7) is 0. The van der Waals surface area contributed by atoms with Crippen LogP contribution in [-0.4, -0.2) is 20.2 Å². The van der Waals surface area contributed by atoms with Gasteiger partial charge in [-0.05, 0) is 5.56 Å². The zero-order valence-electron chi connectivity index (χ0n) is 7.61. The van der Waals surface area contributed by atoms with E-state index < -0.39 is 5.97 Å². The summed E-state index contributed by atoms with van der Waals surface area (Å²) in [6, 6.07) is 9.11. The number of rotatable bonds is 3. The average molecular weight is 179 g/mol. The van der Waals surface area contributed by atoms with E-state index in [1.54, 1.807) is 12.1 Å². The van der Waals surface area contributed by atoms with Crippen molar-refractivity contribution in [3.63, 3.8) is 0 Å². The van der Waals surface area contributed by atoms with E-state index in [4.69, 9.17) is 4.74 Å². The predicted molar refractivity (Wildman–Crippen MR) is 47.8 cm³/mol. The molecule has 0 bridgehead atoms. The number of hydrogen-bond donors (Lipinski definition) is 0. The summed E-state index contributed by atoms with van der Waals surface area (Å²) in [6.07, 6.45) is 0.225. The molecule has 0 N–H and O–H groups in total. The van der Waals surface area contributed by atoms with Crippen LogP contribution in [0.2, 0.25) is 0 Å². The minimum atomic E-state index is -0.464. The van der Waals surface area contributed by atoms with Crippen molar-refractivity contribution in [2.24, 2.45) is 0 Å². The largest absolute Gasteiger partial charge is 0.467 e. The molecular formula is C10H11O3. The molecular weight excluding hydrogens is 168 g/mol. The van der Waals surface area contributed by atoms with Crippen LogP contribution in [0.5, 0.6) is 0 Å². The van der Waals surface area contributed by atoms with E-state index in [2.05, 4.69) is 4.74 Å². The lowest BCUT2D eigenvalue weighted by Crippen LogP contribution is -2.16. The van der Waals surface area contributed by atoms with Crippen LogP contribution >= 0.6 is 0 Å². The van der Waals surface area contributed by atoms with Crippen molar-refractivity contribution < 1.29 is 14.3 Å². The van der Waals surface area contributed by atoms with Gasteiger partial charge in [-0.2, -0.15) is 0 Å². The molecule has 0 spiro atoms. The lowest BCUT2D eigenvalue weighted by molar-refractivity contribution is -0.142. The minimum absolute atomic E-state index is 0.225. The molecule has 0 saturated carbocycles. The molecule has 0 saturated heterocycles. The molecule has 0 aromatic heterocycles. The van der Waals surface area contributed by atoms with Crippen molar-refractivity contribution in [3.8, 4) is 0 Å². The van der Waals surface area contributed by atoms with Crippen LogP contribution in [-0.2, 0) is 14.3 Å². The van der Waals surface area contributed by atoms with Gasteiger partial charge in [-0.1, -0.05) is 30.3 Å². The molecule has 0 heterocycles. The van der Waals surface area contributed by atoms with Crippen molar-refractivity contribution in [1.82, 2.24) is 0 Å². The Morgan fingerprint density at radius 1 is 1.08 bits per heavy atom. The van der Waals surface area contributed by atoms with Gasteiger partial charge >= 0.3 is 5.97 Å². The molecule has 0 amide bonds. The molecule has 3 heteroatoms. The van der Waals surface area contributed by atoms with Gasteiger partial charge in [-0.15, -0.1) is 0 Å². The topological polar surface area (TPSA) is 35.5 Å². The van der Waals surface area contributed by atoms with E-state index >= 15 is 0 Å². The number of esters is 1. The Balaban J connectivity index is 2.85. The van der Waals surface area contributed by atoms with E-state index in [0.29, 0.717) is 0 Å². The summed E-state index contributed by atoms with van der Waals surface area (Å²) in [5, 5.41) is 0. The quantitative estimate of drug-likeness (QED) is 0.658. The number of methoxy groups -OCH3 is 2. The monoisotopic (exact) mass is 179 g/mol. The van der Waals surface area contributed by atoms with Crippen molar-refractivity contribution in [1.29, 1.82) is 0 Å². The van der Waals surface area contributed by atoms with Crippen LogP contribution in [0.25, 0.3) is 0 Å². The van der Waals surface area contributed by atoms with Gasteiger partial charge < -0.3 is 9.47 Å². The Morgan fingerprint density at radius 2 is 1.69 bits per heavy atom. The second-order valence-electron chi connectivity index (χ2n) is 2.39. The fourth-order valence-corrected chi connectivity index (χ4v) is 1.00. The minimum Gasteiger partial charge on any atom is -0.467 e. The molecule has 1 radical (unpaired) electrons. The van der Waals surface area contributed by atoms with Gasteiger partial charge in [0.15, 0.2) is 0 Å².